The summed E-state index contributed by atoms with van der Waals surface area (Å²) in [6.07, 6.45) is 3.84. The summed E-state index contributed by atoms with van der Waals surface area (Å²) in [6, 6.07) is 0. The molecule has 0 radical (unpaired) electrons. The highest BCUT2D eigenvalue weighted by Gasteiger charge is 2.74. The predicted molar refractivity (Wildman–Crippen MR) is 75.7 cm³/mol. The first-order chi connectivity index (χ1) is 9.47. The van der Waals surface area contributed by atoms with E-state index < -0.39 is 0 Å². The molecule has 0 aromatic carbocycles. The van der Waals surface area contributed by atoms with Crippen LogP contribution in [0.1, 0.15) is 40.0 Å². The third-order valence-corrected chi connectivity index (χ3v) is 5.50. The summed E-state index contributed by atoms with van der Waals surface area (Å²) < 4.78 is 23.3. The third kappa shape index (κ3) is 2.21. The molecule has 1 saturated carbocycles. The maximum absolute atomic E-state index is 6.12. The van der Waals surface area contributed by atoms with Crippen molar-refractivity contribution in [3.05, 3.63) is 0 Å². The van der Waals surface area contributed by atoms with E-state index in [1.54, 1.807) is 14.2 Å². The van der Waals surface area contributed by atoms with E-state index in [2.05, 4.69) is 20.8 Å². The van der Waals surface area contributed by atoms with Gasteiger partial charge in [-0.1, -0.05) is 13.8 Å². The van der Waals surface area contributed by atoms with E-state index in [4.69, 9.17) is 18.9 Å². The van der Waals surface area contributed by atoms with Crippen LogP contribution < -0.4 is 0 Å². The molecule has 0 aromatic heterocycles. The van der Waals surface area contributed by atoms with Crippen molar-refractivity contribution < 1.29 is 18.9 Å². The Hall–Kier alpha value is -0.160. The molecule has 3 rings (SSSR count). The second-order valence-electron chi connectivity index (χ2n) is 7.27. The van der Waals surface area contributed by atoms with Crippen LogP contribution in [0.25, 0.3) is 0 Å². The average molecular weight is 284 g/mol. The number of epoxide rings is 2. The summed E-state index contributed by atoms with van der Waals surface area (Å²) in [5, 5.41) is 0. The summed E-state index contributed by atoms with van der Waals surface area (Å²) in [6.45, 7) is 7.59. The minimum atomic E-state index is -0.0979. The lowest BCUT2D eigenvalue weighted by atomic mass is 9.80. The van der Waals surface area contributed by atoms with Gasteiger partial charge in [-0.25, -0.2) is 0 Å². The number of hydrogen-bond donors (Lipinski definition) is 0. The summed E-state index contributed by atoms with van der Waals surface area (Å²) in [5.74, 6) is 1.02. The molecule has 4 heteroatoms. The van der Waals surface area contributed by atoms with Crippen LogP contribution in [-0.2, 0) is 18.9 Å². The summed E-state index contributed by atoms with van der Waals surface area (Å²) in [5.41, 5.74) is -0.151. The number of methoxy groups -OCH3 is 2. The molecule has 0 bridgehead atoms. The van der Waals surface area contributed by atoms with E-state index in [1.807, 2.05) is 0 Å². The SMILES string of the molecule is CO[C@@H]1CC2(CO2)C([C@@]2(C)OC2CCC(C)C)[C@@H]1OC. The minimum absolute atomic E-state index is 0.0529. The fourth-order valence-corrected chi connectivity index (χ4v) is 4.22. The molecule has 3 fully saturated rings. The van der Waals surface area contributed by atoms with Crippen LogP contribution in [0.15, 0.2) is 0 Å². The van der Waals surface area contributed by atoms with Crippen molar-refractivity contribution in [1.29, 1.82) is 0 Å². The van der Waals surface area contributed by atoms with Gasteiger partial charge < -0.3 is 18.9 Å². The fraction of sp³-hybridized carbons (Fsp3) is 1.00. The molecule has 0 amide bonds. The van der Waals surface area contributed by atoms with Crippen LogP contribution in [0.4, 0.5) is 0 Å². The van der Waals surface area contributed by atoms with Crippen molar-refractivity contribution >= 4 is 0 Å². The van der Waals surface area contributed by atoms with Gasteiger partial charge in [0.1, 0.15) is 11.2 Å². The lowest BCUT2D eigenvalue weighted by Gasteiger charge is -2.27. The maximum Gasteiger partial charge on any atom is 0.102 e. The highest BCUT2D eigenvalue weighted by atomic mass is 16.6. The molecule has 2 aliphatic heterocycles. The van der Waals surface area contributed by atoms with Gasteiger partial charge in [-0.2, -0.15) is 0 Å². The molecule has 3 aliphatic rings. The average Bonchev–Trinajstić information content (AvgIpc) is 3.26. The maximum atomic E-state index is 6.12. The smallest absolute Gasteiger partial charge is 0.102 e. The van der Waals surface area contributed by atoms with Gasteiger partial charge in [0.15, 0.2) is 0 Å². The first-order valence-electron chi connectivity index (χ1n) is 7.84. The van der Waals surface area contributed by atoms with Gasteiger partial charge in [0.05, 0.1) is 30.8 Å². The molecule has 0 N–H and O–H groups in total. The van der Waals surface area contributed by atoms with Crippen LogP contribution in [-0.4, -0.2) is 50.3 Å². The highest BCUT2D eigenvalue weighted by Crippen LogP contribution is 2.61. The van der Waals surface area contributed by atoms with Crippen molar-refractivity contribution in [2.24, 2.45) is 11.8 Å². The molecule has 6 atom stereocenters. The Morgan fingerprint density at radius 3 is 2.45 bits per heavy atom. The Bertz CT molecular complexity index is 365. The second-order valence-corrected chi connectivity index (χ2v) is 7.27. The summed E-state index contributed by atoms with van der Waals surface area (Å²) in [7, 11) is 3.54. The van der Waals surface area contributed by atoms with Crippen molar-refractivity contribution in [3.8, 4) is 0 Å². The van der Waals surface area contributed by atoms with Crippen molar-refractivity contribution in [2.45, 2.75) is 69.5 Å². The molecule has 2 saturated heterocycles. The van der Waals surface area contributed by atoms with Crippen molar-refractivity contribution in [3.63, 3.8) is 0 Å². The summed E-state index contributed by atoms with van der Waals surface area (Å²) in [4.78, 5) is 0. The van der Waals surface area contributed by atoms with Gasteiger partial charge in [-0.3, -0.25) is 0 Å². The fourth-order valence-electron chi connectivity index (χ4n) is 4.22. The molecule has 1 aliphatic carbocycles. The van der Waals surface area contributed by atoms with E-state index in [0.29, 0.717) is 12.0 Å². The lowest BCUT2D eigenvalue weighted by molar-refractivity contribution is -0.0504. The Morgan fingerprint density at radius 1 is 1.25 bits per heavy atom. The zero-order valence-corrected chi connectivity index (χ0v) is 13.3. The van der Waals surface area contributed by atoms with Crippen LogP contribution >= 0.6 is 0 Å². The molecule has 20 heavy (non-hydrogen) atoms. The predicted octanol–water partition coefficient (Wildman–Crippen LogP) is 2.40. The van der Waals surface area contributed by atoms with Crippen LogP contribution in [0, 0.1) is 11.8 Å². The van der Waals surface area contributed by atoms with Gasteiger partial charge in [0.2, 0.25) is 0 Å². The van der Waals surface area contributed by atoms with Gasteiger partial charge in [0, 0.05) is 20.6 Å². The largest absolute Gasteiger partial charge is 0.379 e. The first kappa shape index (κ1) is 14.8. The van der Waals surface area contributed by atoms with Gasteiger partial charge in [0.25, 0.3) is 0 Å². The quantitative estimate of drug-likeness (QED) is 0.703. The summed E-state index contributed by atoms with van der Waals surface area (Å²) >= 11 is 0. The highest BCUT2D eigenvalue weighted by molar-refractivity contribution is 5.22. The van der Waals surface area contributed by atoms with E-state index in [9.17, 15) is 0 Å². The third-order valence-electron chi connectivity index (χ3n) is 5.50. The molecule has 2 heterocycles. The van der Waals surface area contributed by atoms with E-state index in [-0.39, 0.29) is 23.4 Å². The normalized spacial score (nSPS) is 50.1. The first-order valence-corrected chi connectivity index (χ1v) is 7.84. The zero-order chi connectivity index (χ0) is 14.5. The van der Waals surface area contributed by atoms with Crippen molar-refractivity contribution in [2.75, 3.05) is 20.8 Å². The second kappa shape index (κ2) is 4.94. The van der Waals surface area contributed by atoms with Crippen LogP contribution in [0.5, 0.6) is 0 Å². The molecular formula is C16H28O4. The standard InChI is InChI=1S/C16H28O4/c1-10(2)6-7-12-15(3,20-12)14-13(18-5)11(17-4)8-16(14)9-19-16/h10-14H,6-9H2,1-5H3/t11-,12?,13-,14?,15+,16?/m1/s1. The van der Waals surface area contributed by atoms with Gasteiger partial charge in [-0.05, 0) is 25.7 Å². The lowest BCUT2D eigenvalue weighted by Crippen LogP contribution is -2.42. The molecule has 4 nitrogen and oxygen atoms in total. The van der Waals surface area contributed by atoms with Gasteiger partial charge in [-0.15, -0.1) is 0 Å². The van der Waals surface area contributed by atoms with E-state index in [1.165, 1.54) is 6.42 Å². The number of ether oxygens (including phenoxy) is 4. The van der Waals surface area contributed by atoms with Crippen LogP contribution in [0.3, 0.4) is 0 Å². The molecule has 3 unspecified atom stereocenters. The Morgan fingerprint density at radius 2 is 1.95 bits per heavy atom. The molecule has 116 valence electrons. The zero-order valence-electron chi connectivity index (χ0n) is 13.3. The van der Waals surface area contributed by atoms with E-state index >= 15 is 0 Å². The topological polar surface area (TPSA) is 43.5 Å². The number of hydrogen-bond acceptors (Lipinski definition) is 4. The monoisotopic (exact) mass is 284 g/mol. The van der Waals surface area contributed by atoms with Crippen LogP contribution in [0.2, 0.25) is 0 Å². The Balaban J connectivity index is 1.72. The Kier molecular flexibility index (Phi) is 3.65. The molecular weight excluding hydrogens is 256 g/mol. The molecule has 1 spiro atoms. The van der Waals surface area contributed by atoms with Crippen molar-refractivity contribution in [1.82, 2.24) is 0 Å². The minimum Gasteiger partial charge on any atom is -0.379 e. The molecule has 0 aromatic rings. The van der Waals surface area contributed by atoms with Gasteiger partial charge >= 0.3 is 0 Å². The number of rotatable bonds is 6. The Labute approximate surface area is 122 Å². The van der Waals surface area contributed by atoms with E-state index in [0.717, 1.165) is 25.4 Å².